The van der Waals surface area contributed by atoms with Gasteiger partial charge in [-0.1, -0.05) is 15.9 Å². The Kier molecular flexibility index (Phi) is 4.30. The Bertz CT molecular complexity index is 463. The number of halogens is 1. The molecule has 4 aliphatic carbocycles. The fourth-order valence-corrected chi connectivity index (χ4v) is 7.01. The molecule has 124 valence electrons. The molecule has 4 saturated carbocycles. The van der Waals surface area contributed by atoms with E-state index < -0.39 is 0 Å². The van der Waals surface area contributed by atoms with Crippen LogP contribution in [-0.2, 0) is 9.59 Å². The third-order valence-corrected chi connectivity index (χ3v) is 6.47. The van der Waals surface area contributed by atoms with Crippen LogP contribution >= 0.6 is 15.9 Å². The average molecular weight is 371 g/mol. The molecule has 4 bridgehead atoms. The Hall–Kier alpha value is -0.580. The fraction of sp³-hybridized carbons (Fsp3) is 0.882. The van der Waals surface area contributed by atoms with Crippen molar-refractivity contribution in [3.8, 4) is 0 Å². The first kappa shape index (κ1) is 16.3. The van der Waals surface area contributed by atoms with Gasteiger partial charge < -0.3 is 10.6 Å². The second-order valence-corrected chi connectivity index (χ2v) is 9.97. The highest BCUT2D eigenvalue weighted by molar-refractivity contribution is 9.10. The van der Waals surface area contributed by atoms with Crippen molar-refractivity contribution in [1.29, 1.82) is 0 Å². The molecule has 4 rings (SSSR count). The molecule has 22 heavy (non-hydrogen) atoms. The van der Waals surface area contributed by atoms with Gasteiger partial charge in [-0.2, -0.15) is 0 Å². The minimum absolute atomic E-state index is 0.0388. The van der Waals surface area contributed by atoms with Crippen LogP contribution in [0.5, 0.6) is 0 Å². The van der Waals surface area contributed by atoms with Crippen LogP contribution in [-0.4, -0.2) is 28.7 Å². The zero-order valence-corrected chi connectivity index (χ0v) is 15.2. The van der Waals surface area contributed by atoms with E-state index in [1.807, 2.05) is 13.8 Å². The Morgan fingerprint density at radius 3 is 2.32 bits per heavy atom. The molecule has 0 aromatic carbocycles. The maximum absolute atomic E-state index is 12.3. The monoisotopic (exact) mass is 370 g/mol. The summed E-state index contributed by atoms with van der Waals surface area (Å²) >= 11 is 3.98. The summed E-state index contributed by atoms with van der Waals surface area (Å²) in [4.78, 5) is 24.0. The van der Waals surface area contributed by atoms with Crippen LogP contribution in [0.2, 0.25) is 0 Å². The number of rotatable bonds is 5. The van der Waals surface area contributed by atoms with E-state index in [1.165, 1.54) is 32.1 Å². The van der Waals surface area contributed by atoms with Crippen molar-refractivity contribution in [1.82, 2.24) is 10.6 Å². The van der Waals surface area contributed by atoms with E-state index in [0.717, 1.165) is 18.3 Å². The molecule has 0 aromatic rings. The summed E-state index contributed by atoms with van der Waals surface area (Å²) < 4.78 is 0.284. The lowest BCUT2D eigenvalue weighted by atomic mass is 9.48. The molecule has 2 atom stereocenters. The average Bonchev–Trinajstić information content (AvgIpc) is 2.31. The Labute approximate surface area is 141 Å². The molecule has 4 aliphatic rings. The molecule has 4 fully saturated rings. The second-order valence-electron chi connectivity index (χ2n) is 8.29. The number of carbonyl (C=O) groups is 2. The second kappa shape index (κ2) is 5.81. The number of alkyl halides is 1. The van der Waals surface area contributed by atoms with Gasteiger partial charge in [-0.05, 0) is 69.6 Å². The van der Waals surface area contributed by atoms with Gasteiger partial charge in [-0.3, -0.25) is 9.59 Å². The van der Waals surface area contributed by atoms with Crippen molar-refractivity contribution >= 4 is 27.7 Å². The molecule has 2 N–H and O–H groups in total. The van der Waals surface area contributed by atoms with Gasteiger partial charge in [0.05, 0.1) is 6.54 Å². The Morgan fingerprint density at radius 1 is 1.14 bits per heavy atom. The van der Waals surface area contributed by atoms with Crippen LogP contribution in [0.3, 0.4) is 0 Å². The highest BCUT2D eigenvalue weighted by atomic mass is 79.9. The Morgan fingerprint density at radius 2 is 1.77 bits per heavy atom. The van der Waals surface area contributed by atoms with Crippen LogP contribution in [0.15, 0.2) is 0 Å². The highest BCUT2D eigenvalue weighted by Gasteiger charge is 2.57. The summed E-state index contributed by atoms with van der Waals surface area (Å²) in [5, 5.41) is 5.61. The lowest BCUT2D eigenvalue weighted by Gasteiger charge is -2.60. The smallest absolute Gasteiger partial charge is 0.239 e. The lowest BCUT2D eigenvalue weighted by Crippen LogP contribution is -2.54. The van der Waals surface area contributed by atoms with E-state index in [1.54, 1.807) is 0 Å². The summed E-state index contributed by atoms with van der Waals surface area (Å²) in [5.41, 5.74) is 0.173. The van der Waals surface area contributed by atoms with E-state index >= 15 is 0 Å². The standard InChI is InChI=1S/C17H27BrN2O2/c1-11(2)20-15(22)9-19-14(21)8-16-4-12-3-13(5-16)7-17(18,6-12)10-16/h11-13H,3-10H2,1-2H3,(H,19,21)(H,20,22). The predicted octanol–water partition coefficient (Wildman–Crippen LogP) is 2.75. The van der Waals surface area contributed by atoms with Crippen molar-refractivity contribution in [3.63, 3.8) is 0 Å². The summed E-state index contributed by atoms with van der Waals surface area (Å²) in [7, 11) is 0. The fourth-order valence-electron chi connectivity index (χ4n) is 5.50. The van der Waals surface area contributed by atoms with E-state index in [4.69, 9.17) is 0 Å². The normalized spacial score (nSPS) is 39.1. The SMILES string of the molecule is CC(C)NC(=O)CNC(=O)CC12CC3CC(CC(Br)(C3)C1)C2. The molecule has 2 unspecified atom stereocenters. The number of hydrogen-bond donors (Lipinski definition) is 2. The molecule has 0 saturated heterocycles. The number of amides is 2. The predicted molar refractivity (Wildman–Crippen MR) is 89.7 cm³/mol. The van der Waals surface area contributed by atoms with E-state index in [-0.39, 0.29) is 34.1 Å². The van der Waals surface area contributed by atoms with Crippen LogP contribution in [0.4, 0.5) is 0 Å². The van der Waals surface area contributed by atoms with Crippen molar-refractivity contribution < 1.29 is 9.59 Å². The molecule has 4 nitrogen and oxygen atoms in total. The summed E-state index contributed by atoms with van der Waals surface area (Å²) in [6.07, 6.45) is 8.02. The molecular weight excluding hydrogens is 344 g/mol. The van der Waals surface area contributed by atoms with Crippen LogP contribution in [0.1, 0.15) is 58.8 Å². The first-order valence-corrected chi connectivity index (χ1v) is 9.32. The largest absolute Gasteiger partial charge is 0.352 e. The maximum atomic E-state index is 12.3. The minimum Gasteiger partial charge on any atom is -0.352 e. The molecule has 2 amide bonds. The van der Waals surface area contributed by atoms with Crippen molar-refractivity contribution in [2.45, 2.75) is 69.2 Å². The van der Waals surface area contributed by atoms with E-state index in [2.05, 4.69) is 26.6 Å². The zero-order chi connectivity index (χ0) is 16.0. The van der Waals surface area contributed by atoms with Gasteiger partial charge in [-0.25, -0.2) is 0 Å². The van der Waals surface area contributed by atoms with Gasteiger partial charge >= 0.3 is 0 Å². The van der Waals surface area contributed by atoms with Crippen molar-refractivity contribution in [3.05, 3.63) is 0 Å². The van der Waals surface area contributed by atoms with Gasteiger partial charge in [0.25, 0.3) is 0 Å². The zero-order valence-electron chi connectivity index (χ0n) is 13.6. The first-order valence-electron chi connectivity index (χ1n) is 8.53. The van der Waals surface area contributed by atoms with Crippen LogP contribution < -0.4 is 10.6 Å². The van der Waals surface area contributed by atoms with Gasteiger partial charge in [0.1, 0.15) is 0 Å². The molecule has 0 heterocycles. The summed E-state index contributed by atoms with van der Waals surface area (Å²) in [6.45, 7) is 3.94. The maximum Gasteiger partial charge on any atom is 0.239 e. The number of nitrogens with one attached hydrogen (secondary N) is 2. The van der Waals surface area contributed by atoms with Crippen molar-refractivity contribution in [2.75, 3.05) is 6.54 Å². The summed E-state index contributed by atoms with van der Waals surface area (Å²) in [6, 6.07) is 0.112. The van der Waals surface area contributed by atoms with E-state index in [0.29, 0.717) is 6.42 Å². The third-order valence-electron chi connectivity index (χ3n) is 5.54. The summed E-state index contributed by atoms with van der Waals surface area (Å²) in [5.74, 6) is 1.51. The van der Waals surface area contributed by atoms with Crippen LogP contribution in [0.25, 0.3) is 0 Å². The van der Waals surface area contributed by atoms with Crippen LogP contribution in [0, 0.1) is 17.3 Å². The molecule has 5 heteroatoms. The third kappa shape index (κ3) is 3.50. The topological polar surface area (TPSA) is 58.2 Å². The van der Waals surface area contributed by atoms with Crippen molar-refractivity contribution in [2.24, 2.45) is 17.3 Å². The molecule has 0 spiro atoms. The minimum atomic E-state index is -0.106. The van der Waals surface area contributed by atoms with Gasteiger partial charge in [0, 0.05) is 16.8 Å². The molecular formula is C17H27BrN2O2. The van der Waals surface area contributed by atoms with E-state index in [9.17, 15) is 9.59 Å². The van der Waals surface area contributed by atoms with Gasteiger partial charge in [0.2, 0.25) is 11.8 Å². The molecule has 0 aliphatic heterocycles. The first-order chi connectivity index (χ1) is 10.3. The van der Waals surface area contributed by atoms with Gasteiger partial charge in [0.15, 0.2) is 0 Å². The quantitative estimate of drug-likeness (QED) is 0.731. The Balaban J connectivity index is 1.54. The molecule has 0 aromatic heterocycles. The number of carbonyl (C=O) groups excluding carboxylic acids is 2. The van der Waals surface area contributed by atoms with Gasteiger partial charge in [-0.15, -0.1) is 0 Å². The lowest BCUT2D eigenvalue weighted by molar-refractivity contribution is -0.131. The number of hydrogen-bond acceptors (Lipinski definition) is 2. The molecule has 0 radical (unpaired) electrons. The highest BCUT2D eigenvalue weighted by Crippen LogP contribution is 2.65.